The van der Waals surface area contributed by atoms with Gasteiger partial charge in [0.05, 0.1) is 10.7 Å². The summed E-state index contributed by atoms with van der Waals surface area (Å²) in [6.45, 7) is 2.21. The number of aryl methyl sites for hydroxylation is 1. The number of nitrogens with zero attached hydrogens (tertiary/aromatic N) is 1. The molecule has 0 atom stereocenters. The number of hydrogen-bond acceptors (Lipinski definition) is 3. The standard InChI is InChI=1S/C13H12ClFN2O/c1-8-2-9(6-17-5-8)7-18-13-4-11(15)12(16)3-10(13)14/h2-6H,7,16H2,1H3. The number of aromatic nitrogens is 1. The molecule has 0 spiro atoms. The van der Waals surface area contributed by atoms with Crippen molar-refractivity contribution in [1.82, 2.24) is 4.98 Å². The third-order valence-corrected chi connectivity index (χ3v) is 2.67. The van der Waals surface area contributed by atoms with Crippen molar-refractivity contribution in [2.75, 3.05) is 5.73 Å². The third kappa shape index (κ3) is 2.90. The van der Waals surface area contributed by atoms with Gasteiger partial charge in [0.1, 0.15) is 18.2 Å². The van der Waals surface area contributed by atoms with Crippen molar-refractivity contribution in [3.8, 4) is 5.75 Å². The fraction of sp³-hybridized carbons (Fsp3) is 0.154. The molecule has 0 saturated carbocycles. The second kappa shape index (κ2) is 5.23. The third-order valence-electron chi connectivity index (χ3n) is 2.38. The highest BCUT2D eigenvalue weighted by Gasteiger charge is 2.07. The highest BCUT2D eigenvalue weighted by atomic mass is 35.5. The monoisotopic (exact) mass is 266 g/mol. The lowest BCUT2D eigenvalue weighted by Gasteiger charge is -2.09. The quantitative estimate of drug-likeness (QED) is 0.867. The number of nitrogens with two attached hydrogens (primary N) is 1. The lowest BCUT2D eigenvalue weighted by Crippen LogP contribution is -1.99. The van der Waals surface area contributed by atoms with E-state index in [-0.39, 0.29) is 23.1 Å². The first-order chi connectivity index (χ1) is 8.56. The molecule has 0 radical (unpaired) electrons. The fourth-order valence-corrected chi connectivity index (χ4v) is 1.74. The zero-order valence-electron chi connectivity index (χ0n) is 9.78. The summed E-state index contributed by atoms with van der Waals surface area (Å²) < 4.78 is 18.7. The van der Waals surface area contributed by atoms with Crippen molar-refractivity contribution in [2.45, 2.75) is 13.5 Å². The van der Waals surface area contributed by atoms with Crippen molar-refractivity contribution in [3.63, 3.8) is 0 Å². The van der Waals surface area contributed by atoms with Crippen LogP contribution in [0.5, 0.6) is 5.75 Å². The molecule has 5 heteroatoms. The molecule has 0 unspecified atom stereocenters. The molecule has 1 heterocycles. The number of rotatable bonds is 3. The summed E-state index contributed by atoms with van der Waals surface area (Å²) in [6, 6.07) is 4.45. The molecule has 0 fully saturated rings. The lowest BCUT2D eigenvalue weighted by molar-refractivity contribution is 0.304. The van der Waals surface area contributed by atoms with E-state index in [0.717, 1.165) is 11.1 Å². The highest BCUT2D eigenvalue weighted by Crippen LogP contribution is 2.29. The van der Waals surface area contributed by atoms with Crippen molar-refractivity contribution >= 4 is 17.3 Å². The molecule has 0 bridgehead atoms. The molecule has 0 amide bonds. The zero-order chi connectivity index (χ0) is 13.1. The van der Waals surface area contributed by atoms with E-state index in [1.165, 1.54) is 12.1 Å². The lowest BCUT2D eigenvalue weighted by atomic mass is 10.2. The van der Waals surface area contributed by atoms with Gasteiger partial charge in [0.2, 0.25) is 0 Å². The van der Waals surface area contributed by atoms with Crippen LogP contribution in [0.15, 0.2) is 30.6 Å². The number of hydrogen-bond donors (Lipinski definition) is 1. The van der Waals surface area contributed by atoms with E-state index >= 15 is 0 Å². The Bertz CT molecular complexity index is 575. The Morgan fingerprint density at radius 3 is 2.83 bits per heavy atom. The summed E-state index contributed by atoms with van der Waals surface area (Å²) >= 11 is 5.91. The SMILES string of the molecule is Cc1cncc(COc2cc(F)c(N)cc2Cl)c1. The van der Waals surface area contributed by atoms with Crippen molar-refractivity contribution in [3.05, 3.63) is 52.6 Å². The van der Waals surface area contributed by atoms with Crippen LogP contribution in [-0.4, -0.2) is 4.98 Å². The molecule has 1 aromatic carbocycles. The first-order valence-corrected chi connectivity index (χ1v) is 5.72. The highest BCUT2D eigenvalue weighted by molar-refractivity contribution is 6.32. The molecule has 94 valence electrons. The minimum absolute atomic E-state index is 0.00423. The van der Waals surface area contributed by atoms with Crippen LogP contribution in [0.2, 0.25) is 5.02 Å². The second-order valence-corrected chi connectivity index (χ2v) is 4.37. The second-order valence-electron chi connectivity index (χ2n) is 3.96. The maximum Gasteiger partial charge on any atom is 0.149 e. The van der Waals surface area contributed by atoms with E-state index in [1.807, 2.05) is 13.0 Å². The smallest absolute Gasteiger partial charge is 0.149 e. The Morgan fingerprint density at radius 2 is 2.11 bits per heavy atom. The van der Waals surface area contributed by atoms with E-state index in [9.17, 15) is 4.39 Å². The maximum atomic E-state index is 13.3. The maximum absolute atomic E-state index is 13.3. The van der Waals surface area contributed by atoms with Gasteiger partial charge in [-0.3, -0.25) is 4.98 Å². The van der Waals surface area contributed by atoms with E-state index in [4.69, 9.17) is 22.1 Å². The summed E-state index contributed by atoms with van der Waals surface area (Å²) in [6.07, 6.45) is 3.44. The molecule has 2 rings (SSSR count). The summed E-state index contributed by atoms with van der Waals surface area (Å²) in [7, 11) is 0. The number of pyridine rings is 1. The molecule has 18 heavy (non-hydrogen) atoms. The van der Waals surface area contributed by atoms with Gasteiger partial charge in [0.25, 0.3) is 0 Å². The summed E-state index contributed by atoms with van der Waals surface area (Å²) in [5.74, 6) is -0.276. The Hall–Kier alpha value is -1.81. The Balaban J connectivity index is 2.13. The van der Waals surface area contributed by atoms with Crippen molar-refractivity contribution < 1.29 is 9.13 Å². The molecule has 2 N–H and O–H groups in total. The fourth-order valence-electron chi connectivity index (χ4n) is 1.51. The van der Waals surface area contributed by atoms with E-state index in [0.29, 0.717) is 0 Å². The van der Waals surface area contributed by atoms with Gasteiger partial charge in [-0.25, -0.2) is 4.39 Å². The molecule has 0 aliphatic heterocycles. The van der Waals surface area contributed by atoms with Crippen LogP contribution in [-0.2, 0) is 6.61 Å². The van der Waals surface area contributed by atoms with Gasteiger partial charge < -0.3 is 10.5 Å². The number of anilines is 1. The normalized spacial score (nSPS) is 10.4. The molecule has 0 aliphatic rings. The Labute approximate surface area is 109 Å². The van der Waals surface area contributed by atoms with Crippen LogP contribution in [0.1, 0.15) is 11.1 Å². The van der Waals surface area contributed by atoms with Crippen LogP contribution in [0.25, 0.3) is 0 Å². The number of halogens is 2. The number of benzene rings is 1. The van der Waals surface area contributed by atoms with Crippen LogP contribution in [0.3, 0.4) is 0 Å². The Kier molecular flexibility index (Phi) is 3.67. The van der Waals surface area contributed by atoms with Crippen LogP contribution in [0, 0.1) is 12.7 Å². The molecular weight excluding hydrogens is 255 g/mol. The average Bonchev–Trinajstić information content (AvgIpc) is 2.32. The van der Waals surface area contributed by atoms with Crippen molar-refractivity contribution in [2.24, 2.45) is 0 Å². The van der Waals surface area contributed by atoms with Gasteiger partial charge in [0.15, 0.2) is 0 Å². The van der Waals surface area contributed by atoms with Gasteiger partial charge in [-0.05, 0) is 24.6 Å². The van der Waals surface area contributed by atoms with Gasteiger partial charge in [-0.2, -0.15) is 0 Å². The predicted octanol–water partition coefficient (Wildman–Crippen LogP) is 3.34. The molecule has 3 nitrogen and oxygen atoms in total. The zero-order valence-corrected chi connectivity index (χ0v) is 10.5. The van der Waals surface area contributed by atoms with E-state index in [2.05, 4.69) is 4.98 Å². The van der Waals surface area contributed by atoms with E-state index < -0.39 is 5.82 Å². The average molecular weight is 267 g/mol. The van der Waals surface area contributed by atoms with Crippen LogP contribution >= 0.6 is 11.6 Å². The van der Waals surface area contributed by atoms with Gasteiger partial charge in [-0.15, -0.1) is 0 Å². The summed E-state index contributed by atoms with van der Waals surface area (Å²) in [5.41, 5.74) is 7.32. The molecule has 0 saturated heterocycles. The van der Waals surface area contributed by atoms with Crippen molar-refractivity contribution in [1.29, 1.82) is 0 Å². The van der Waals surface area contributed by atoms with E-state index in [1.54, 1.807) is 12.4 Å². The van der Waals surface area contributed by atoms with Crippen LogP contribution < -0.4 is 10.5 Å². The van der Waals surface area contributed by atoms with Gasteiger partial charge >= 0.3 is 0 Å². The molecular formula is C13H12ClFN2O. The van der Waals surface area contributed by atoms with Gasteiger partial charge in [-0.1, -0.05) is 11.6 Å². The number of ether oxygens (including phenoxy) is 1. The molecule has 2 aromatic rings. The van der Waals surface area contributed by atoms with Crippen LogP contribution in [0.4, 0.5) is 10.1 Å². The predicted molar refractivity (Wildman–Crippen MR) is 69.1 cm³/mol. The minimum atomic E-state index is -0.545. The first kappa shape index (κ1) is 12.6. The minimum Gasteiger partial charge on any atom is -0.487 e. The Morgan fingerprint density at radius 1 is 1.33 bits per heavy atom. The molecule has 0 aliphatic carbocycles. The summed E-state index contributed by atoms with van der Waals surface area (Å²) in [4.78, 5) is 4.04. The largest absolute Gasteiger partial charge is 0.487 e. The number of nitrogen functional groups attached to an aromatic ring is 1. The molecule has 1 aromatic heterocycles. The van der Waals surface area contributed by atoms with Gasteiger partial charge in [0, 0.05) is 24.0 Å². The summed E-state index contributed by atoms with van der Waals surface area (Å²) in [5, 5.41) is 0.287. The topological polar surface area (TPSA) is 48.1 Å². The first-order valence-electron chi connectivity index (χ1n) is 5.34.